The Hall–Kier alpha value is -3.27. The number of anilines is 4. The topological polar surface area (TPSA) is 121 Å². The normalized spacial score (nSPS) is 27.3. The minimum absolute atomic E-state index is 0.00773. The molecule has 3 heterocycles. The molecule has 2 aliphatic carbocycles. The van der Waals surface area contributed by atoms with Gasteiger partial charge in [0.15, 0.2) is 5.82 Å². The van der Waals surface area contributed by atoms with Crippen molar-refractivity contribution in [2.75, 3.05) is 28.7 Å². The van der Waals surface area contributed by atoms with E-state index in [1.165, 1.54) is 0 Å². The van der Waals surface area contributed by atoms with Crippen LogP contribution in [0.4, 0.5) is 23.1 Å². The highest BCUT2D eigenvalue weighted by molar-refractivity contribution is 6.02. The van der Waals surface area contributed by atoms with Crippen molar-refractivity contribution in [2.45, 2.75) is 50.2 Å². The molecule has 1 aromatic carbocycles. The van der Waals surface area contributed by atoms with Gasteiger partial charge < -0.3 is 20.2 Å². The zero-order valence-electron chi connectivity index (χ0n) is 17.4. The molecule has 0 saturated heterocycles. The van der Waals surface area contributed by atoms with Crippen molar-refractivity contribution in [1.29, 1.82) is 0 Å². The number of aryl methyl sites for hydroxylation is 1. The Morgan fingerprint density at radius 3 is 2.61 bits per heavy atom. The average Bonchev–Trinajstić information content (AvgIpc) is 3.44. The van der Waals surface area contributed by atoms with Crippen LogP contribution in [0.25, 0.3) is 11.0 Å². The van der Waals surface area contributed by atoms with Gasteiger partial charge in [0.25, 0.3) is 0 Å². The van der Waals surface area contributed by atoms with Gasteiger partial charge in [-0.3, -0.25) is 4.79 Å². The van der Waals surface area contributed by atoms with E-state index in [0.717, 1.165) is 42.8 Å². The monoisotopic (exact) mass is 421 g/mol. The van der Waals surface area contributed by atoms with Crippen molar-refractivity contribution in [3.8, 4) is 0 Å². The van der Waals surface area contributed by atoms with Crippen molar-refractivity contribution < 1.29 is 14.5 Å². The summed E-state index contributed by atoms with van der Waals surface area (Å²) in [5, 5.41) is 21.8. The molecule has 1 amide bonds. The molecule has 160 valence electrons. The molecule has 0 radical (unpaired) electrons. The molecule has 2 saturated carbocycles. The minimum Gasteiger partial charge on any atom is -0.390 e. The number of rotatable bonds is 3. The van der Waals surface area contributed by atoms with Gasteiger partial charge in [-0.05, 0) is 67.0 Å². The van der Waals surface area contributed by atoms with Crippen LogP contribution in [0.2, 0.25) is 0 Å². The molecule has 6 rings (SSSR count). The van der Waals surface area contributed by atoms with E-state index in [-0.39, 0.29) is 18.0 Å². The molecule has 2 aromatic heterocycles. The van der Waals surface area contributed by atoms with Gasteiger partial charge in [-0.15, -0.1) is 0 Å². The van der Waals surface area contributed by atoms with E-state index in [1.54, 1.807) is 18.1 Å². The van der Waals surface area contributed by atoms with Crippen molar-refractivity contribution in [1.82, 2.24) is 20.3 Å². The van der Waals surface area contributed by atoms with E-state index in [4.69, 9.17) is 9.61 Å². The number of benzene rings is 1. The summed E-state index contributed by atoms with van der Waals surface area (Å²) in [7, 11) is 1.75. The zero-order chi connectivity index (χ0) is 21.4. The van der Waals surface area contributed by atoms with Crippen LogP contribution in [0.5, 0.6) is 0 Å². The standard InChI is InChI=1S/C21H23N7O3/c1-12-7-14-15(26-31-25-14)8-13(12)23-19-22-9-16-18(24-19)28(10-17(29)27(16)2)20-3-5-21(30,11-20)6-4-20/h7-9,30H,3-6,10-11H2,1-2H3,(H,22,23,24). The summed E-state index contributed by atoms with van der Waals surface area (Å²) >= 11 is 0. The Bertz CT molecular complexity index is 1210. The summed E-state index contributed by atoms with van der Waals surface area (Å²) < 4.78 is 4.80. The number of fused-ring (bicyclic) bond motifs is 4. The Morgan fingerprint density at radius 2 is 1.90 bits per heavy atom. The molecular formula is C21H23N7O3. The molecule has 2 fully saturated rings. The summed E-state index contributed by atoms with van der Waals surface area (Å²) in [5.41, 5.74) is 2.95. The number of likely N-dealkylation sites (N-methyl/N-ethyl adjacent to an activating group) is 1. The molecule has 3 aliphatic rings. The quantitative estimate of drug-likeness (QED) is 0.656. The smallest absolute Gasteiger partial charge is 0.246 e. The summed E-state index contributed by atoms with van der Waals surface area (Å²) in [6.07, 6.45) is 5.63. The second kappa shape index (κ2) is 6.13. The molecule has 0 unspecified atom stereocenters. The van der Waals surface area contributed by atoms with Gasteiger partial charge in [0.1, 0.15) is 16.7 Å². The number of carbonyl (C=O) groups is 1. The van der Waals surface area contributed by atoms with Gasteiger partial charge in [0.2, 0.25) is 11.9 Å². The molecule has 2 bridgehead atoms. The fourth-order valence-corrected chi connectivity index (χ4v) is 5.41. The Kier molecular flexibility index (Phi) is 3.66. The summed E-state index contributed by atoms with van der Waals surface area (Å²) in [6, 6.07) is 3.74. The lowest BCUT2D eigenvalue weighted by molar-refractivity contribution is -0.117. The fraction of sp³-hybridized carbons (Fsp3) is 0.476. The van der Waals surface area contributed by atoms with E-state index in [0.29, 0.717) is 29.1 Å². The lowest BCUT2D eigenvalue weighted by atomic mass is 9.90. The maximum absolute atomic E-state index is 12.7. The minimum atomic E-state index is -0.612. The number of carbonyl (C=O) groups excluding carboxylic acids is 1. The first-order valence-corrected chi connectivity index (χ1v) is 10.5. The van der Waals surface area contributed by atoms with E-state index < -0.39 is 5.60 Å². The molecule has 1 aliphatic heterocycles. The second-order valence-corrected chi connectivity index (χ2v) is 9.11. The molecule has 3 aromatic rings. The van der Waals surface area contributed by atoms with Gasteiger partial charge in [-0.2, -0.15) is 4.98 Å². The summed E-state index contributed by atoms with van der Waals surface area (Å²) in [5.74, 6) is 1.17. The van der Waals surface area contributed by atoms with Crippen LogP contribution in [-0.2, 0) is 4.79 Å². The van der Waals surface area contributed by atoms with Crippen molar-refractivity contribution >= 4 is 40.1 Å². The van der Waals surface area contributed by atoms with E-state index in [9.17, 15) is 9.90 Å². The van der Waals surface area contributed by atoms with Crippen LogP contribution in [0.15, 0.2) is 23.0 Å². The van der Waals surface area contributed by atoms with Gasteiger partial charge in [0, 0.05) is 18.3 Å². The van der Waals surface area contributed by atoms with Gasteiger partial charge in [-0.25, -0.2) is 9.61 Å². The number of hydrogen-bond acceptors (Lipinski definition) is 9. The van der Waals surface area contributed by atoms with Gasteiger partial charge >= 0.3 is 0 Å². The number of aromatic nitrogens is 4. The highest BCUT2D eigenvalue weighted by Crippen LogP contribution is 2.55. The van der Waals surface area contributed by atoms with Crippen molar-refractivity contribution in [2.24, 2.45) is 0 Å². The zero-order valence-corrected chi connectivity index (χ0v) is 17.4. The van der Waals surface area contributed by atoms with Crippen LogP contribution in [-0.4, -0.2) is 56.0 Å². The molecule has 0 spiro atoms. The van der Waals surface area contributed by atoms with Gasteiger partial charge in [0.05, 0.1) is 18.3 Å². The Balaban J connectivity index is 1.40. The summed E-state index contributed by atoms with van der Waals surface area (Å²) in [4.78, 5) is 25.7. The van der Waals surface area contributed by atoms with Crippen LogP contribution in [0.1, 0.15) is 37.7 Å². The lowest BCUT2D eigenvalue weighted by Crippen LogP contribution is -2.54. The largest absolute Gasteiger partial charge is 0.390 e. The number of nitrogens with zero attached hydrogens (tertiary/aromatic N) is 6. The first-order valence-electron chi connectivity index (χ1n) is 10.5. The molecule has 0 atom stereocenters. The number of nitrogens with one attached hydrogen (secondary N) is 1. The lowest BCUT2D eigenvalue weighted by Gasteiger charge is -2.45. The first kappa shape index (κ1) is 18.5. The first-order chi connectivity index (χ1) is 14.9. The van der Waals surface area contributed by atoms with E-state index in [1.807, 2.05) is 19.1 Å². The number of aliphatic hydroxyl groups is 1. The third kappa shape index (κ3) is 2.71. The maximum Gasteiger partial charge on any atom is 0.246 e. The van der Waals surface area contributed by atoms with Crippen molar-refractivity contribution in [3.63, 3.8) is 0 Å². The second-order valence-electron chi connectivity index (χ2n) is 9.11. The molecule has 2 N–H and O–H groups in total. The Morgan fingerprint density at radius 1 is 1.16 bits per heavy atom. The number of amides is 1. The van der Waals surface area contributed by atoms with Crippen LogP contribution in [0.3, 0.4) is 0 Å². The summed E-state index contributed by atoms with van der Waals surface area (Å²) in [6.45, 7) is 2.22. The van der Waals surface area contributed by atoms with Crippen LogP contribution < -0.4 is 15.1 Å². The van der Waals surface area contributed by atoms with Crippen LogP contribution in [0, 0.1) is 6.92 Å². The van der Waals surface area contributed by atoms with Crippen molar-refractivity contribution in [3.05, 3.63) is 23.9 Å². The van der Waals surface area contributed by atoms with Crippen LogP contribution >= 0.6 is 0 Å². The molecule has 10 heteroatoms. The predicted molar refractivity (Wildman–Crippen MR) is 113 cm³/mol. The molecular weight excluding hydrogens is 398 g/mol. The predicted octanol–water partition coefficient (Wildman–Crippen LogP) is 2.30. The molecule has 31 heavy (non-hydrogen) atoms. The third-order valence-electron chi connectivity index (χ3n) is 7.22. The van der Waals surface area contributed by atoms with E-state index in [2.05, 4.69) is 25.5 Å². The third-order valence-corrected chi connectivity index (χ3v) is 7.22. The maximum atomic E-state index is 12.7. The van der Waals surface area contributed by atoms with E-state index >= 15 is 0 Å². The van der Waals surface area contributed by atoms with Gasteiger partial charge in [-0.1, -0.05) is 0 Å². The fourth-order valence-electron chi connectivity index (χ4n) is 5.41. The molecule has 10 nitrogen and oxygen atoms in total. The SMILES string of the molecule is Cc1cc2nonc2cc1Nc1ncc2c(n1)N(C13CCC(O)(CC1)C3)CC(=O)N2C. The highest BCUT2D eigenvalue weighted by Gasteiger charge is 2.58. The number of hydrogen-bond donors (Lipinski definition) is 2. The highest BCUT2D eigenvalue weighted by atomic mass is 16.6. The average molecular weight is 421 g/mol. The Labute approximate surface area is 178 Å².